The monoisotopic (exact) mass is 183 g/mol. The van der Waals surface area contributed by atoms with Crippen LogP contribution in [0.3, 0.4) is 0 Å². The summed E-state index contributed by atoms with van der Waals surface area (Å²) in [7, 11) is 0. The van der Waals surface area contributed by atoms with Crippen molar-refractivity contribution in [1.29, 1.82) is 0 Å². The SMILES string of the molecule is O[C@@H]1CCN(c2cc[nH]n2)C[C@@H]1O. The van der Waals surface area contributed by atoms with Crippen LogP contribution in [0.2, 0.25) is 0 Å². The predicted octanol–water partition coefficient (Wildman–Crippen LogP) is -0.658. The molecule has 0 radical (unpaired) electrons. The van der Waals surface area contributed by atoms with Gasteiger partial charge in [0.25, 0.3) is 0 Å². The van der Waals surface area contributed by atoms with Crippen LogP contribution in [0.25, 0.3) is 0 Å². The van der Waals surface area contributed by atoms with E-state index in [2.05, 4.69) is 10.2 Å². The van der Waals surface area contributed by atoms with Gasteiger partial charge in [0, 0.05) is 25.4 Å². The zero-order chi connectivity index (χ0) is 9.26. The van der Waals surface area contributed by atoms with Gasteiger partial charge in [-0.2, -0.15) is 5.10 Å². The van der Waals surface area contributed by atoms with Crippen LogP contribution in [0.5, 0.6) is 0 Å². The van der Waals surface area contributed by atoms with Gasteiger partial charge in [0.15, 0.2) is 0 Å². The zero-order valence-electron chi connectivity index (χ0n) is 7.22. The Hall–Kier alpha value is -1.07. The molecular formula is C8H13N3O2. The number of β-amino-alcohol motifs (C(OH)–C–C–N with tert-alkyl or cyclic N) is 1. The lowest BCUT2D eigenvalue weighted by Crippen LogP contribution is -2.46. The van der Waals surface area contributed by atoms with Gasteiger partial charge in [-0.1, -0.05) is 0 Å². The van der Waals surface area contributed by atoms with E-state index in [-0.39, 0.29) is 0 Å². The van der Waals surface area contributed by atoms with Crippen LogP contribution >= 0.6 is 0 Å². The van der Waals surface area contributed by atoms with Crippen molar-refractivity contribution in [3.63, 3.8) is 0 Å². The maximum absolute atomic E-state index is 9.42. The number of H-pyrrole nitrogens is 1. The molecule has 0 amide bonds. The standard InChI is InChI=1S/C8H13N3O2/c12-6-2-4-11(5-7(6)13)8-1-3-9-10-8/h1,3,6-7,12-13H,2,4-5H2,(H,9,10)/t6-,7+/m1/s1. The fourth-order valence-corrected chi connectivity index (χ4v) is 1.56. The first-order valence-corrected chi connectivity index (χ1v) is 4.38. The van der Waals surface area contributed by atoms with E-state index in [1.165, 1.54) is 0 Å². The van der Waals surface area contributed by atoms with Gasteiger partial charge in [0.1, 0.15) is 5.82 Å². The quantitative estimate of drug-likeness (QED) is 0.540. The van der Waals surface area contributed by atoms with Gasteiger partial charge < -0.3 is 15.1 Å². The van der Waals surface area contributed by atoms with Crippen molar-refractivity contribution < 1.29 is 10.2 Å². The number of nitrogens with zero attached hydrogens (tertiary/aromatic N) is 2. The minimum absolute atomic E-state index is 0.450. The van der Waals surface area contributed by atoms with Crippen LogP contribution in [-0.2, 0) is 0 Å². The number of rotatable bonds is 1. The lowest BCUT2D eigenvalue weighted by atomic mass is 10.1. The highest BCUT2D eigenvalue weighted by atomic mass is 16.3. The average molecular weight is 183 g/mol. The van der Waals surface area contributed by atoms with Gasteiger partial charge in [0.2, 0.25) is 0 Å². The summed E-state index contributed by atoms with van der Waals surface area (Å²) < 4.78 is 0. The average Bonchev–Trinajstić information content (AvgIpc) is 2.62. The summed E-state index contributed by atoms with van der Waals surface area (Å²) in [6.07, 6.45) is 1.08. The Kier molecular flexibility index (Phi) is 2.20. The Morgan fingerprint density at radius 3 is 2.92 bits per heavy atom. The summed E-state index contributed by atoms with van der Waals surface area (Å²) in [5, 5.41) is 25.4. The molecule has 0 aromatic carbocycles. The molecule has 0 aliphatic carbocycles. The third kappa shape index (κ3) is 1.66. The molecule has 0 unspecified atom stereocenters. The van der Waals surface area contributed by atoms with E-state index in [9.17, 15) is 10.2 Å². The summed E-state index contributed by atoms with van der Waals surface area (Å²) in [5.74, 6) is 0.825. The normalized spacial score (nSPS) is 29.2. The van der Waals surface area contributed by atoms with Gasteiger partial charge >= 0.3 is 0 Å². The molecule has 2 atom stereocenters. The third-order valence-electron chi connectivity index (χ3n) is 2.36. The highest BCUT2D eigenvalue weighted by Gasteiger charge is 2.26. The summed E-state index contributed by atoms with van der Waals surface area (Å²) in [6, 6.07) is 1.85. The minimum atomic E-state index is -0.662. The molecule has 13 heavy (non-hydrogen) atoms. The molecule has 2 rings (SSSR count). The molecule has 1 aliphatic rings. The number of hydrogen-bond acceptors (Lipinski definition) is 4. The van der Waals surface area contributed by atoms with E-state index in [1.807, 2.05) is 11.0 Å². The fourth-order valence-electron chi connectivity index (χ4n) is 1.56. The molecular weight excluding hydrogens is 170 g/mol. The second-order valence-electron chi connectivity index (χ2n) is 3.30. The van der Waals surface area contributed by atoms with Crippen molar-refractivity contribution in [2.75, 3.05) is 18.0 Å². The Morgan fingerprint density at radius 1 is 1.46 bits per heavy atom. The van der Waals surface area contributed by atoms with E-state index in [4.69, 9.17) is 0 Å². The number of aliphatic hydroxyl groups excluding tert-OH is 2. The van der Waals surface area contributed by atoms with Gasteiger partial charge in [0.05, 0.1) is 12.2 Å². The van der Waals surface area contributed by atoms with Crippen LogP contribution < -0.4 is 4.90 Å². The molecule has 5 heteroatoms. The van der Waals surface area contributed by atoms with E-state index in [1.54, 1.807) is 6.20 Å². The summed E-state index contributed by atoms with van der Waals surface area (Å²) in [5.41, 5.74) is 0. The van der Waals surface area contributed by atoms with Crippen molar-refractivity contribution in [1.82, 2.24) is 10.2 Å². The van der Waals surface area contributed by atoms with Crippen molar-refractivity contribution in [3.8, 4) is 0 Å². The van der Waals surface area contributed by atoms with E-state index in [0.717, 1.165) is 12.4 Å². The first-order valence-electron chi connectivity index (χ1n) is 4.38. The molecule has 0 spiro atoms. The Bertz CT molecular complexity index is 262. The number of aromatic nitrogens is 2. The van der Waals surface area contributed by atoms with E-state index in [0.29, 0.717) is 13.0 Å². The number of hydrogen-bond donors (Lipinski definition) is 3. The number of piperidine rings is 1. The van der Waals surface area contributed by atoms with Crippen molar-refractivity contribution in [2.24, 2.45) is 0 Å². The fraction of sp³-hybridized carbons (Fsp3) is 0.625. The van der Waals surface area contributed by atoms with Crippen molar-refractivity contribution >= 4 is 5.82 Å². The zero-order valence-corrected chi connectivity index (χ0v) is 7.22. The number of nitrogens with one attached hydrogen (secondary N) is 1. The number of anilines is 1. The first-order chi connectivity index (χ1) is 6.27. The molecule has 3 N–H and O–H groups in total. The Morgan fingerprint density at radius 2 is 2.31 bits per heavy atom. The highest BCUT2D eigenvalue weighted by molar-refractivity contribution is 5.37. The summed E-state index contributed by atoms with van der Waals surface area (Å²) >= 11 is 0. The smallest absolute Gasteiger partial charge is 0.150 e. The summed E-state index contributed by atoms with van der Waals surface area (Å²) in [4.78, 5) is 1.95. The lowest BCUT2D eigenvalue weighted by Gasteiger charge is -2.33. The topological polar surface area (TPSA) is 72.4 Å². The summed E-state index contributed by atoms with van der Waals surface area (Å²) in [6.45, 7) is 1.19. The predicted molar refractivity (Wildman–Crippen MR) is 47.4 cm³/mol. The molecule has 5 nitrogen and oxygen atoms in total. The number of aromatic amines is 1. The van der Waals surface area contributed by atoms with Crippen LogP contribution in [-0.4, -0.2) is 45.7 Å². The highest BCUT2D eigenvalue weighted by Crippen LogP contribution is 2.16. The minimum Gasteiger partial charge on any atom is -0.390 e. The molecule has 1 aliphatic heterocycles. The van der Waals surface area contributed by atoms with Crippen LogP contribution in [0.1, 0.15) is 6.42 Å². The molecule has 1 aromatic heterocycles. The van der Waals surface area contributed by atoms with Crippen molar-refractivity contribution in [2.45, 2.75) is 18.6 Å². The van der Waals surface area contributed by atoms with Crippen molar-refractivity contribution in [3.05, 3.63) is 12.3 Å². The van der Waals surface area contributed by atoms with Crippen LogP contribution in [0, 0.1) is 0 Å². The Balaban J connectivity index is 2.03. The second-order valence-corrected chi connectivity index (χ2v) is 3.30. The molecule has 0 bridgehead atoms. The lowest BCUT2D eigenvalue weighted by molar-refractivity contribution is 0.00786. The second kappa shape index (κ2) is 3.35. The maximum Gasteiger partial charge on any atom is 0.150 e. The molecule has 0 saturated carbocycles. The van der Waals surface area contributed by atoms with E-state index < -0.39 is 12.2 Å². The largest absolute Gasteiger partial charge is 0.390 e. The van der Waals surface area contributed by atoms with Crippen LogP contribution in [0.15, 0.2) is 12.3 Å². The van der Waals surface area contributed by atoms with Gasteiger partial charge in [-0.25, -0.2) is 0 Å². The molecule has 2 heterocycles. The van der Waals surface area contributed by atoms with Gasteiger partial charge in [-0.05, 0) is 6.42 Å². The first kappa shape index (κ1) is 8.52. The van der Waals surface area contributed by atoms with Gasteiger partial charge in [-0.3, -0.25) is 5.10 Å². The van der Waals surface area contributed by atoms with E-state index >= 15 is 0 Å². The third-order valence-corrected chi connectivity index (χ3v) is 2.36. The molecule has 1 fully saturated rings. The molecule has 72 valence electrons. The Labute approximate surface area is 76.0 Å². The van der Waals surface area contributed by atoms with Crippen LogP contribution in [0.4, 0.5) is 5.82 Å². The number of aliphatic hydroxyl groups is 2. The van der Waals surface area contributed by atoms with Gasteiger partial charge in [-0.15, -0.1) is 0 Å². The molecule has 1 saturated heterocycles. The molecule has 1 aromatic rings. The maximum atomic E-state index is 9.42.